The summed E-state index contributed by atoms with van der Waals surface area (Å²) in [5.41, 5.74) is 1.32. The van der Waals surface area contributed by atoms with Gasteiger partial charge in [0.2, 0.25) is 0 Å². The molecule has 0 unspecified atom stereocenters. The van der Waals surface area contributed by atoms with Gasteiger partial charge in [-0.1, -0.05) is 17.7 Å². The van der Waals surface area contributed by atoms with Crippen LogP contribution >= 0.6 is 0 Å². The highest BCUT2D eigenvalue weighted by atomic mass is 14.9. The lowest BCUT2D eigenvalue weighted by Crippen LogP contribution is -1.76. The smallest absolute Gasteiger partial charge is 0.0111 e. The number of hydrogen-bond acceptors (Lipinski definition) is 0. The summed E-state index contributed by atoms with van der Waals surface area (Å²) in [6, 6.07) is 6.50. The van der Waals surface area contributed by atoms with Crippen LogP contribution in [0.15, 0.2) is 30.6 Å². The normalized spacial score (nSPS) is 10.7. The summed E-state index contributed by atoms with van der Waals surface area (Å²) in [7, 11) is 2.05. The molecular formula is C10H11N. The largest absolute Gasteiger partial charge is 0.356 e. The zero-order valence-corrected chi connectivity index (χ0v) is 6.83. The fourth-order valence-electron chi connectivity index (χ4n) is 1.40. The zero-order valence-electron chi connectivity index (χ0n) is 6.83. The Hall–Kier alpha value is -1.24. The summed E-state index contributed by atoms with van der Waals surface area (Å²) in [5.74, 6) is 0. The lowest BCUT2D eigenvalue weighted by atomic mass is 10.1. The molecule has 1 nitrogen and oxygen atoms in total. The van der Waals surface area contributed by atoms with Crippen LogP contribution in [0.5, 0.6) is 0 Å². The summed E-state index contributed by atoms with van der Waals surface area (Å²) in [4.78, 5) is 0. The second-order valence-electron chi connectivity index (χ2n) is 3.06. The van der Waals surface area contributed by atoms with Crippen LogP contribution in [0.4, 0.5) is 0 Å². The van der Waals surface area contributed by atoms with Crippen LogP contribution in [0.3, 0.4) is 0 Å². The third-order valence-electron chi connectivity index (χ3n) is 1.93. The molecule has 1 aromatic heterocycles. The molecule has 2 aromatic rings. The van der Waals surface area contributed by atoms with Gasteiger partial charge in [-0.05, 0) is 23.8 Å². The molecule has 11 heavy (non-hydrogen) atoms. The number of benzene rings is 1. The van der Waals surface area contributed by atoms with Crippen molar-refractivity contribution in [3.05, 3.63) is 36.2 Å². The zero-order chi connectivity index (χ0) is 7.84. The van der Waals surface area contributed by atoms with E-state index in [4.69, 9.17) is 0 Å². The first-order valence-corrected chi connectivity index (χ1v) is 3.78. The lowest BCUT2D eigenvalue weighted by Gasteiger charge is -1.89. The van der Waals surface area contributed by atoms with E-state index in [2.05, 4.69) is 49.1 Å². The Morgan fingerprint density at radius 3 is 2.64 bits per heavy atom. The van der Waals surface area contributed by atoms with Gasteiger partial charge in [0.15, 0.2) is 0 Å². The highest BCUT2D eigenvalue weighted by molar-refractivity contribution is 5.82. The predicted octanol–water partition coefficient (Wildman–Crippen LogP) is 2.49. The number of fused-ring (bicyclic) bond motifs is 1. The van der Waals surface area contributed by atoms with Crippen LogP contribution in [0.2, 0.25) is 0 Å². The molecule has 0 saturated heterocycles. The van der Waals surface area contributed by atoms with Gasteiger partial charge in [0, 0.05) is 19.4 Å². The summed E-state index contributed by atoms with van der Waals surface area (Å²) in [6.45, 7) is 2.12. The fraction of sp³-hybridized carbons (Fsp3) is 0.200. The van der Waals surface area contributed by atoms with Gasteiger partial charge in [-0.3, -0.25) is 0 Å². The van der Waals surface area contributed by atoms with E-state index in [0.29, 0.717) is 0 Å². The molecule has 56 valence electrons. The summed E-state index contributed by atoms with van der Waals surface area (Å²) in [6.07, 6.45) is 4.27. The molecule has 0 aliphatic carbocycles. The van der Waals surface area contributed by atoms with Crippen LogP contribution in [0, 0.1) is 6.92 Å². The summed E-state index contributed by atoms with van der Waals surface area (Å²) >= 11 is 0. The Balaban J connectivity index is 2.82. The summed E-state index contributed by atoms with van der Waals surface area (Å²) in [5, 5.41) is 2.64. The number of aromatic nitrogens is 1. The van der Waals surface area contributed by atoms with Gasteiger partial charge < -0.3 is 4.57 Å². The van der Waals surface area contributed by atoms with Crippen molar-refractivity contribution in [1.82, 2.24) is 4.57 Å². The minimum atomic E-state index is 1.32. The van der Waals surface area contributed by atoms with Crippen molar-refractivity contribution < 1.29 is 0 Å². The number of hydrogen-bond donors (Lipinski definition) is 0. The van der Waals surface area contributed by atoms with Crippen LogP contribution in [0.25, 0.3) is 10.8 Å². The van der Waals surface area contributed by atoms with Crippen LogP contribution in [0.1, 0.15) is 5.56 Å². The van der Waals surface area contributed by atoms with E-state index >= 15 is 0 Å². The van der Waals surface area contributed by atoms with Gasteiger partial charge >= 0.3 is 0 Å². The molecule has 0 N–H and O–H groups in total. The van der Waals surface area contributed by atoms with Crippen molar-refractivity contribution in [2.24, 2.45) is 7.05 Å². The average Bonchev–Trinajstić information content (AvgIpc) is 2.27. The van der Waals surface area contributed by atoms with Crippen molar-refractivity contribution in [1.29, 1.82) is 0 Å². The Bertz CT molecular complexity index is 385. The molecule has 0 fully saturated rings. The Labute approximate surface area is 66.3 Å². The second kappa shape index (κ2) is 2.12. The van der Waals surface area contributed by atoms with E-state index in [1.807, 2.05) is 0 Å². The van der Waals surface area contributed by atoms with Crippen LogP contribution in [-0.4, -0.2) is 4.57 Å². The molecular weight excluding hydrogens is 134 g/mol. The minimum absolute atomic E-state index is 1.32. The van der Waals surface area contributed by atoms with E-state index in [1.54, 1.807) is 0 Å². The first-order valence-electron chi connectivity index (χ1n) is 3.78. The van der Waals surface area contributed by atoms with Crippen LogP contribution < -0.4 is 0 Å². The van der Waals surface area contributed by atoms with E-state index in [0.717, 1.165) is 0 Å². The van der Waals surface area contributed by atoms with Gasteiger partial charge in [-0.15, -0.1) is 0 Å². The maximum atomic E-state index is 2.20. The molecule has 1 heterocycles. The molecule has 2 rings (SSSR count). The molecule has 0 bridgehead atoms. The van der Waals surface area contributed by atoms with E-state index in [-0.39, 0.29) is 0 Å². The first-order chi connectivity index (χ1) is 5.25. The highest BCUT2D eigenvalue weighted by Crippen LogP contribution is 2.15. The van der Waals surface area contributed by atoms with Crippen molar-refractivity contribution in [2.45, 2.75) is 6.92 Å². The third-order valence-corrected chi connectivity index (χ3v) is 1.93. The average molecular weight is 145 g/mol. The Kier molecular flexibility index (Phi) is 1.25. The van der Waals surface area contributed by atoms with Crippen molar-refractivity contribution >= 4 is 10.8 Å². The molecule has 0 amide bonds. The lowest BCUT2D eigenvalue weighted by molar-refractivity contribution is 0.933. The molecule has 0 aliphatic rings. The number of aryl methyl sites for hydroxylation is 2. The quantitative estimate of drug-likeness (QED) is 0.536. The van der Waals surface area contributed by atoms with Gasteiger partial charge in [-0.25, -0.2) is 0 Å². The molecule has 1 heteroatoms. The molecule has 0 spiro atoms. The molecule has 1 aromatic carbocycles. The van der Waals surface area contributed by atoms with Crippen molar-refractivity contribution in [2.75, 3.05) is 0 Å². The van der Waals surface area contributed by atoms with E-state index < -0.39 is 0 Å². The van der Waals surface area contributed by atoms with Crippen molar-refractivity contribution in [3.8, 4) is 0 Å². The molecule has 0 atom stereocenters. The molecule has 0 aliphatic heterocycles. The van der Waals surface area contributed by atoms with Crippen molar-refractivity contribution in [3.63, 3.8) is 0 Å². The predicted molar refractivity (Wildman–Crippen MR) is 47.7 cm³/mol. The van der Waals surface area contributed by atoms with Crippen LogP contribution in [-0.2, 0) is 7.05 Å². The minimum Gasteiger partial charge on any atom is -0.356 e. The van der Waals surface area contributed by atoms with Gasteiger partial charge in [0.25, 0.3) is 0 Å². The standard InChI is InChI=1S/C10H11N/c1-8-3-4-9-6-11(2)7-10(9)5-8/h3-7H,1-2H3. The molecule has 0 saturated carbocycles. The molecule has 0 radical (unpaired) electrons. The van der Waals surface area contributed by atoms with Gasteiger partial charge in [-0.2, -0.15) is 0 Å². The number of rotatable bonds is 0. The van der Waals surface area contributed by atoms with E-state index in [1.165, 1.54) is 16.3 Å². The first kappa shape index (κ1) is 6.47. The Morgan fingerprint density at radius 1 is 1.09 bits per heavy atom. The van der Waals surface area contributed by atoms with E-state index in [9.17, 15) is 0 Å². The second-order valence-corrected chi connectivity index (χ2v) is 3.06. The third kappa shape index (κ3) is 1.03. The van der Waals surface area contributed by atoms with Gasteiger partial charge in [0.05, 0.1) is 0 Å². The summed E-state index contributed by atoms with van der Waals surface area (Å²) < 4.78 is 2.09. The fourth-order valence-corrected chi connectivity index (χ4v) is 1.40. The highest BCUT2D eigenvalue weighted by Gasteiger charge is 1.94. The number of nitrogens with zero attached hydrogens (tertiary/aromatic N) is 1. The SMILES string of the molecule is Cc1ccc2cn(C)cc2c1. The van der Waals surface area contributed by atoms with Gasteiger partial charge in [0.1, 0.15) is 0 Å². The monoisotopic (exact) mass is 145 g/mol. The maximum Gasteiger partial charge on any atom is 0.0111 e. The topological polar surface area (TPSA) is 4.93 Å². The maximum absolute atomic E-state index is 2.20. The Morgan fingerprint density at radius 2 is 1.82 bits per heavy atom.